The molecule has 2 N–H and O–H groups in total. The first-order valence-corrected chi connectivity index (χ1v) is 8.92. The second-order valence-electron chi connectivity index (χ2n) is 8.00. The summed E-state index contributed by atoms with van der Waals surface area (Å²) in [5.74, 6) is 1.99. The quantitative estimate of drug-likeness (QED) is 0.887. The Morgan fingerprint density at radius 1 is 1.38 bits per heavy atom. The van der Waals surface area contributed by atoms with E-state index >= 15 is 0 Å². The van der Waals surface area contributed by atoms with Crippen molar-refractivity contribution in [2.45, 2.75) is 65.6 Å². The Labute approximate surface area is 143 Å². The summed E-state index contributed by atoms with van der Waals surface area (Å²) in [7, 11) is 0. The van der Waals surface area contributed by atoms with E-state index in [1.54, 1.807) is 0 Å². The number of aromatic nitrogens is 3. The molecule has 0 spiro atoms. The largest absolute Gasteiger partial charge is 0.377 e. The Kier molecular flexibility index (Phi) is 4.80. The number of hydrogen-bond donors (Lipinski definition) is 2. The van der Waals surface area contributed by atoms with Gasteiger partial charge in [0.05, 0.1) is 12.1 Å². The molecule has 1 saturated heterocycles. The van der Waals surface area contributed by atoms with Crippen molar-refractivity contribution in [3.8, 4) is 0 Å². The third-order valence-electron chi connectivity index (χ3n) is 4.88. The van der Waals surface area contributed by atoms with Crippen LogP contribution in [0, 0.1) is 18.3 Å². The number of fused-ring (bicyclic) bond motifs is 1. The molecule has 0 saturated carbocycles. The average Bonchev–Trinajstić information content (AvgIpc) is 3.10. The number of carbonyl (C=O) groups is 1. The van der Waals surface area contributed by atoms with Gasteiger partial charge in [-0.15, -0.1) is 0 Å². The molecule has 2 aliphatic rings. The lowest BCUT2D eigenvalue weighted by Crippen LogP contribution is -2.44. The summed E-state index contributed by atoms with van der Waals surface area (Å²) in [5, 5.41) is 10.4. The van der Waals surface area contributed by atoms with E-state index in [0.717, 1.165) is 44.1 Å². The molecule has 0 bridgehead atoms. The van der Waals surface area contributed by atoms with Crippen LogP contribution < -0.4 is 10.6 Å². The first-order valence-electron chi connectivity index (χ1n) is 8.92. The Morgan fingerprint density at radius 3 is 2.92 bits per heavy atom. The third kappa shape index (κ3) is 3.71. The standard InChI is InChI=1S/C17H29N5O2/c1-11-19-15-13(6-5-8-22(15)21-11)20-16(23)18-10-12-7-9-24-14(12)17(2,3)4/h12-14H,5-10H2,1-4H3,(H2,18,20,23)/t12-,13+,14+/m1/s1. The predicted octanol–water partition coefficient (Wildman–Crippen LogP) is 2.17. The van der Waals surface area contributed by atoms with E-state index in [-0.39, 0.29) is 23.6 Å². The molecule has 1 aromatic rings. The molecular formula is C17H29N5O2. The van der Waals surface area contributed by atoms with Crippen LogP contribution in [-0.2, 0) is 11.3 Å². The van der Waals surface area contributed by atoms with Crippen LogP contribution in [0.2, 0.25) is 0 Å². The summed E-state index contributed by atoms with van der Waals surface area (Å²) in [6, 6.07) is -0.188. The maximum absolute atomic E-state index is 12.3. The number of urea groups is 1. The molecule has 3 heterocycles. The molecule has 3 rings (SSSR count). The lowest BCUT2D eigenvalue weighted by molar-refractivity contribution is 0.00773. The minimum Gasteiger partial charge on any atom is -0.377 e. The molecular weight excluding hydrogens is 306 g/mol. The van der Waals surface area contributed by atoms with Crippen molar-refractivity contribution in [2.75, 3.05) is 13.2 Å². The van der Waals surface area contributed by atoms with Gasteiger partial charge in [-0.1, -0.05) is 20.8 Å². The van der Waals surface area contributed by atoms with Crippen molar-refractivity contribution in [1.82, 2.24) is 25.4 Å². The van der Waals surface area contributed by atoms with Gasteiger partial charge >= 0.3 is 6.03 Å². The third-order valence-corrected chi connectivity index (χ3v) is 4.88. The van der Waals surface area contributed by atoms with E-state index in [2.05, 4.69) is 41.5 Å². The van der Waals surface area contributed by atoms with Crippen molar-refractivity contribution < 1.29 is 9.53 Å². The lowest BCUT2D eigenvalue weighted by Gasteiger charge is -2.31. The number of carbonyl (C=O) groups excluding carboxylic acids is 1. The molecule has 2 aliphatic heterocycles. The number of hydrogen-bond acceptors (Lipinski definition) is 4. The lowest BCUT2D eigenvalue weighted by atomic mass is 9.81. The summed E-state index contributed by atoms with van der Waals surface area (Å²) in [6.45, 7) is 10.7. The maximum Gasteiger partial charge on any atom is 0.315 e. The molecule has 0 aromatic carbocycles. The zero-order valence-corrected chi connectivity index (χ0v) is 15.1. The van der Waals surface area contributed by atoms with Crippen LogP contribution in [0.25, 0.3) is 0 Å². The van der Waals surface area contributed by atoms with Crippen molar-refractivity contribution in [2.24, 2.45) is 11.3 Å². The predicted molar refractivity (Wildman–Crippen MR) is 90.6 cm³/mol. The topological polar surface area (TPSA) is 81.1 Å². The van der Waals surface area contributed by atoms with Gasteiger partial charge in [0.1, 0.15) is 11.6 Å². The summed E-state index contributed by atoms with van der Waals surface area (Å²) < 4.78 is 7.78. The van der Waals surface area contributed by atoms with Gasteiger partial charge in [0.15, 0.2) is 0 Å². The van der Waals surface area contributed by atoms with E-state index in [4.69, 9.17) is 4.74 Å². The molecule has 7 heteroatoms. The monoisotopic (exact) mass is 335 g/mol. The number of amides is 2. The van der Waals surface area contributed by atoms with E-state index in [0.29, 0.717) is 12.5 Å². The SMILES string of the molecule is Cc1nc2n(n1)CCC[C@@H]2NC(=O)NC[C@H]1CCO[C@@H]1C(C)(C)C. The van der Waals surface area contributed by atoms with E-state index < -0.39 is 0 Å². The van der Waals surface area contributed by atoms with Crippen LogP contribution in [-0.4, -0.2) is 40.1 Å². The van der Waals surface area contributed by atoms with Gasteiger partial charge in [-0.05, 0) is 31.6 Å². The summed E-state index contributed by atoms with van der Waals surface area (Å²) in [6.07, 6.45) is 3.10. The van der Waals surface area contributed by atoms with E-state index in [9.17, 15) is 4.79 Å². The number of aryl methyl sites for hydroxylation is 2. The van der Waals surface area contributed by atoms with Crippen LogP contribution in [0.15, 0.2) is 0 Å². The van der Waals surface area contributed by atoms with Gasteiger partial charge in [-0.2, -0.15) is 5.10 Å². The van der Waals surface area contributed by atoms with Crippen molar-refractivity contribution in [3.63, 3.8) is 0 Å². The highest BCUT2D eigenvalue weighted by Crippen LogP contribution is 2.34. The van der Waals surface area contributed by atoms with Gasteiger partial charge < -0.3 is 15.4 Å². The van der Waals surface area contributed by atoms with Crippen molar-refractivity contribution in [3.05, 3.63) is 11.6 Å². The molecule has 0 radical (unpaired) electrons. The zero-order valence-electron chi connectivity index (χ0n) is 15.1. The second kappa shape index (κ2) is 6.70. The molecule has 1 aromatic heterocycles. The normalized spacial score (nSPS) is 26.9. The van der Waals surface area contributed by atoms with Gasteiger partial charge in [-0.3, -0.25) is 0 Å². The highest BCUT2D eigenvalue weighted by Gasteiger charge is 2.37. The van der Waals surface area contributed by atoms with Crippen LogP contribution in [0.4, 0.5) is 4.79 Å². The van der Waals surface area contributed by atoms with E-state index in [1.165, 1.54) is 0 Å². The molecule has 0 unspecified atom stereocenters. The molecule has 0 aliphatic carbocycles. The highest BCUT2D eigenvalue weighted by molar-refractivity contribution is 5.74. The minimum atomic E-state index is -0.131. The Bertz CT molecular complexity index is 592. The second-order valence-corrected chi connectivity index (χ2v) is 8.00. The minimum absolute atomic E-state index is 0.0572. The van der Waals surface area contributed by atoms with Gasteiger partial charge in [0.25, 0.3) is 0 Å². The van der Waals surface area contributed by atoms with Crippen molar-refractivity contribution >= 4 is 6.03 Å². The molecule has 134 valence electrons. The van der Waals surface area contributed by atoms with Gasteiger partial charge in [-0.25, -0.2) is 14.5 Å². The van der Waals surface area contributed by atoms with E-state index in [1.807, 2.05) is 11.6 Å². The number of nitrogens with zero attached hydrogens (tertiary/aromatic N) is 3. The Hall–Kier alpha value is -1.63. The highest BCUT2D eigenvalue weighted by atomic mass is 16.5. The van der Waals surface area contributed by atoms with Crippen LogP contribution in [0.1, 0.15) is 57.7 Å². The molecule has 1 fully saturated rings. The van der Waals surface area contributed by atoms with Crippen molar-refractivity contribution in [1.29, 1.82) is 0 Å². The molecule has 7 nitrogen and oxygen atoms in total. The Morgan fingerprint density at radius 2 is 2.17 bits per heavy atom. The van der Waals surface area contributed by atoms with Gasteiger partial charge in [0.2, 0.25) is 0 Å². The maximum atomic E-state index is 12.3. The summed E-state index contributed by atoms with van der Waals surface area (Å²) >= 11 is 0. The summed E-state index contributed by atoms with van der Waals surface area (Å²) in [4.78, 5) is 16.8. The average molecular weight is 335 g/mol. The Balaban J connectivity index is 1.53. The number of rotatable bonds is 3. The zero-order chi connectivity index (χ0) is 17.3. The molecule has 2 amide bonds. The fraction of sp³-hybridized carbons (Fsp3) is 0.824. The number of nitrogens with one attached hydrogen (secondary N) is 2. The fourth-order valence-electron chi connectivity index (χ4n) is 3.84. The van der Waals surface area contributed by atoms with Crippen LogP contribution in [0.3, 0.4) is 0 Å². The van der Waals surface area contributed by atoms with Crippen LogP contribution in [0.5, 0.6) is 0 Å². The fourth-order valence-corrected chi connectivity index (χ4v) is 3.84. The molecule has 3 atom stereocenters. The smallest absolute Gasteiger partial charge is 0.315 e. The first-order chi connectivity index (χ1) is 11.3. The first kappa shape index (κ1) is 17.2. The van der Waals surface area contributed by atoms with Crippen LogP contribution >= 0.6 is 0 Å². The summed E-state index contributed by atoms with van der Waals surface area (Å²) in [5.41, 5.74) is 0.0939. The van der Waals surface area contributed by atoms with Gasteiger partial charge in [0, 0.05) is 25.6 Å². The number of ether oxygens (including phenoxy) is 1. The molecule has 24 heavy (non-hydrogen) atoms.